The Hall–Kier alpha value is -2.77. The van der Waals surface area contributed by atoms with Gasteiger partial charge >= 0.3 is 5.97 Å². The van der Waals surface area contributed by atoms with Crippen molar-refractivity contribution in [1.29, 1.82) is 0 Å². The number of ketones is 1. The van der Waals surface area contributed by atoms with Crippen LogP contribution in [0, 0.1) is 20.8 Å². The Morgan fingerprint density at radius 1 is 1.17 bits per heavy atom. The van der Waals surface area contributed by atoms with Gasteiger partial charge < -0.3 is 14.0 Å². The first kappa shape index (κ1) is 21.9. The second-order valence-corrected chi connectivity index (χ2v) is 8.26. The lowest BCUT2D eigenvalue weighted by Gasteiger charge is -2.17. The van der Waals surface area contributed by atoms with Crippen LogP contribution in [0.5, 0.6) is 0 Å². The molecule has 0 aliphatic rings. The highest BCUT2D eigenvalue weighted by molar-refractivity contribution is 7.17. The molecule has 0 saturated heterocycles. The van der Waals surface area contributed by atoms with Crippen molar-refractivity contribution in [1.82, 2.24) is 9.55 Å². The Bertz CT molecular complexity index is 1050. The van der Waals surface area contributed by atoms with Gasteiger partial charge in [-0.25, -0.2) is 9.78 Å². The molecule has 1 atom stereocenters. The minimum atomic E-state index is -0.526. The number of Topliss-reactive ketones (excluding diaryl/α,β-unsaturated/α-hetero) is 1. The van der Waals surface area contributed by atoms with E-state index in [1.54, 1.807) is 14.0 Å². The maximum Gasteiger partial charge on any atom is 0.350 e. The Balaban J connectivity index is 1.71. The average molecular weight is 427 g/mol. The van der Waals surface area contributed by atoms with Crippen molar-refractivity contribution < 1.29 is 19.1 Å². The maximum atomic E-state index is 12.7. The van der Waals surface area contributed by atoms with Crippen LogP contribution in [0.15, 0.2) is 36.4 Å². The first-order valence-electron chi connectivity index (χ1n) is 9.74. The van der Waals surface area contributed by atoms with E-state index >= 15 is 0 Å². The molecular formula is C23H26N2O4S. The van der Waals surface area contributed by atoms with Crippen molar-refractivity contribution in [3.8, 4) is 10.6 Å². The number of aromatic nitrogens is 2. The Morgan fingerprint density at radius 2 is 1.87 bits per heavy atom. The third-order valence-corrected chi connectivity index (χ3v) is 6.16. The molecule has 30 heavy (non-hydrogen) atoms. The summed E-state index contributed by atoms with van der Waals surface area (Å²) in [6.07, 6.45) is 0. The second-order valence-electron chi connectivity index (χ2n) is 7.26. The monoisotopic (exact) mass is 426 g/mol. The van der Waals surface area contributed by atoms with Gasteiger partial charge in [-0.1, -0.05) is 30.3 Å². The summed E-state index contributed by atoms with van der Waals surface area (Å²) in [5.74, 6) is -0.750. The highest BCUT2D eigenvalue weighted by atomic mass is 32.1. The van der Waals surface area contributed by atoms with Gasteiger partial charge in [0.1, 0.15) is 9.88 Å². The van der Waals surface area contributed by atoms with E-state index < -0.39 is 5.97 Å². The van der Waals surface area contributed by atoms with Crippen molar-refractivity contribution in [2.24, 2.45) is 0 Å². The molecule has 0 spiro atoms. The molecular weight excluding hydrogens is 400 g/mol. The van der Waals surface area contributed by atoms with Gasteiger partial charge in [0.2, 0.25) is 5.78 Å². The number of carbonyl (C=O) groups excluding carboxylic acids is 2. The minimum absolute atomic E-state index is 0.107. The molecule has 2 heterocycles. The first-order chi connectivity index (χ1) is 14.3. The molecule has 0 bridgehead atoms. The van der Waals surface area contributed by atoms with Crippen molar-refractivity contribution >= 4 is 23.1 Å². The van der Waals surface area contributed by atoms with Crippen LogP contribution < -0.4 is 0 Å². The number of carbonyl (C=O) groups is 2. The number of nitrogens with zero attached hydrogens (tertiary/aromatic N) is 2. The molecule has 1 aromatic carbocycles. The van der Waals surface area contributed by atoms with Crippen molar-refractivity contribution in [2.45, 2.75) is 33.7 Å². The van der Waals surface area contributed by atoms with E-state index in [9.17, 15) is 9.59 Å². The summed E-state index contributed by atoms with van der Waals surface area (Å²) in [4.78, 5) is 30.2. The van der Waals surface area contributed by atoms with Gasteiger partial charge in [-0.3, -0.25) is 4.79 Å². The summed E-state index contributed by atoms with van der Waals surface area (Å²) in [5, 5.41) is 0.752. The summed E-state index contributed by atoms with van der Waals surface area (Å²) < 4.78 is 12.6. The average Bonchev–Trinajstić information content (AvgIpc) is 3.26. The number of benzene rings is 1. The van der Waals surface area contributed by atoms with Crippen LogP contribution in [-0.2, 0) is 9.47 Å². The number of rotatable bonds is 8. The summed E-state index contributed by atoms with van der Waals surface area (Å²) in [7, 11) is 1.65. The van der Waals surface area contributed by atoms with E-state index in [0.717, 1.165) is 22.0 Å². The Kier molecular flexibility index (Phi) is 6.84. The van der Waals surface area contributed by atoms with Crippen LogP contribution in [0.25, 0.3) is 10.6 Å². The molecule has 0 radical (unpaired) electrons. The Morgan fingerprint density at radius 3 is 2.53 bits per heavy atom. The molecule has 3 rings (SSSR count). The zero-order valence-electron chi connectivity index (χ0n) is 17.9. The maximum absolute atomic E-state index is 12.7. The summed E-state index contributed by atoms with van der Waals surface area (Å²) >= 11 is 1.27. The topological polar surface area (TPSA) is 70.4 Å². The van der Waals surface area contributed by atoms with Crippen molar-refractivity contribution in [3.63, 3.8) is 0 Å². The molecule has 7 heteroatoms. The van der Waals surface area contributed by atoms with Crippen LogP contribution in [0.3, 0.4) is 0 Å². The van der Waals surface area contributed by atoms with E-state index in [4.69, 9.17) is 9.47 Å². The molecule has 6 nitrogen and oxygen atoms in total. The predicted octanol–water partition coefficient (Wildman–Crippen LogP) is 4.78. The van der Waals surface area contributed by atoms with Gasteiger partial charge in [0.15, 0.2) is 6.61 Å². The minimum Gasteiger partial charge on any atom is -0.453 e. The number of hydrogen-bond acceptors (Lipinski definition) is 6. The standard InChI is InChI=1S/C23H26N2O4S/c1-14-11-19(17(4)25(14)15(2)12-28-5)20(26)13-29-23(27)21-16(3)24-22(30-21)18-9-7-6-8-10-18/h6-11,15H,12-13H2,1-5H3. The summed E-state index contributed by atoms with van der Waals surface area (Å²) in [6, 6.07) is 11.6. The lowest BCUT2D eigenvalue weighted by atomic mass is 10.1. The van der Waals surface area contributed by atoms with E-state index in [1.165, 1.54) is 11.3 Å². The van der Waals surface area contributed by atoms with E-state index in [-0.39, 0.29) is 18.4 Å². The molecule has 0 aliphatic heterocycles. The first-order valence-corrected chi connectivity index (χ1v) is 10.6. The van der Waals surface area contributed by atoms with Gasteiger partial charge in [-0.15, -0.1) is 11.3 Å². The van der Waals surface area contributed by atoms with Gasteiger partial charge in [0.25, 0.3) is 0 Å². The van der Waals surface area contributed by atoms with Crippen LogP contribution in [0.4, 0.5) is 0 Å². The normalized spacial score (nSPS) is 12.0. The third kappa shape index (κ3) is 4.52. The van der Waals surface area contributed by atoms with E-state index in [2.05, 4.69) is 9.55 Å². The van der Waals surface area contributed by atoms with E-state index in [1.807, 2.05) is 57.2 Å². The van der Waals surface area contributed by atoms with Gasteiger partial charge in [0.05, 0.1) is 18.3 Å². The highest BCUT2D eigenvalue weighted by Crippen LogP contribution is 2.28. The SMILES string of the molecule is COCC(C)n1c(C)cc(C(=O)COC(=O)c2sc(-c3ccccc3)nc2C)c1C. The molecule has 2 aromatic heterocycles. The van der Waals surface area contributed by atoms with Gasteiger partial charge in [0, 0.05) is 29.6 Å². The molecule has 1 unspecified atom stereocenters. The van der Waals surface area contributed by atoms with Crippen molar-refractivity contribution in [3.05, 3.63) is 63.9 Å². The molecule has 3 aromatic rings. The van der Waals surface area contributed by atoms with Gasteiger partial charge in [-0.05, 0) is 33.8 Å². The molecule has 0 amide bonds. The third-order valence-electron chi connectivity index (χ3n) is 4.97. The number of aryl methyl sites for hydroxylation is 2. The quantitative estimate of drug-likeness (QED) is 0.383. The second kappa shape index (κ2) is 9.36. The molecule has 0 N–H and O–H groups in total. The highest BCUT2D eigenvalue weighted by Gasteiger charge is 2.22. The number of methoxy groups -OCH3 is 1. The Labute approximate surface area is 180 Å². The smallest absolute Gasteiger partial charge is 0.350 e. The number of hydrogen-bond donors (Lipinski definition) is 0. The molecule has 0 aliphatic carbocycles. The van der Waals surface area contributed by atoms with Crippen LogP contribution in [0.2, 0.25) is 0 Å². The van der Waals surface area contributed by atoms with Crippen molar-refractivity contribution in [2.75, 3.05) is 20.3 Å². The number of esters is 1. The predicted molar refractivity (Wildman–Crippen MR) is 117 cm³/mol. The van der Waals surface area contributed by atoms with Crippen LogP contribution in [0.1, 0.15) is 50.1 Å². The van der Waals surface area contributed by atoms with Gasteiger partial charge in [-0.2, -0.15) is 0 Å². The van der Waals surface area contributed by atoms with E-state index in [0.29, 0.717) is 22.7 Å². The fourth-order valence-corrected chi connectivity index (χ4v) is 4.58. The number of ether oxygens (including phenoxy) is 2. The largest absolute Gasteiger partial charge is 0.453 e. The lowest BCUT2D eigenvalue weighted by Crippen LogP contribution is -2.17. The zero-order valence-corrected chi connectivity index (χ0v) is 18.7. The molecule has 0 saturated carbocycles. The summed E-state index contributed by atoms with van der Waals surface area (Å²) in [6.45, 7) is 7.90. The molecule has 0 fully saturated rings. The molecule has 158 valence electrons. The zero-order chi connectivity index (χ0) is 21.8. The fourth-order valence-electron chi connectivity index (χ4n) is 3.62. The van der Waals surface area contributed by atoms with Crippen LogP contribution in [-0.4, -0.2) is 41.6 Å². The lowest BCUT2D eigenvalue weighted by molar-refractivity contribution is 0.0478. The fraction of sp³-hybridized carbons (Fsp3) is 0.348. The number of thiazole rings is 1. The summed E-state index contributed by atoms with van der Waals surface area (Å²) in [5.41, 5.74) is 3.92. The van der Waals surface area contributed by atoms with Crippen LogP contribution >= 0.6 is 11.3 Å².